The monoisotopic (exact) mass is 440 g/mol. The molecule has 1 heterocycles. The summed E-state index contributed by atoms with van der Waals surface area (Å²) in [6, 6.07) is 16.6. The molecule has 32 heavy (non-hydrogen) atoms. The van der Waals surface area contributed by atoms with Crippen molar-refractivity contribution in [3.63, 3.8) is 0 Å². The molecule has 0 radical (unpaired) electrons. The maximum Gasteiger partial charge on any atom is 0.191 e. The highest BCUT2D eigenvalue weighted by Crippen LogP contribution is 2.30. The third-order valence-corrected chi connectivity index (χ3v) is 5.75. The Labute approximate surface area is 191 Å². The molecule has 0 aliphatic carbocycles. The SMILES string of the molecule is CCNC(=NCC(OC)c1ccccc1)NC1CCN(c2cc(OC)cc(OC)c2)CC1. The number of ether oxygens (including phenoxy) is 3. The number of guanidine groups is 1. The Kier molecular flexibility index (Phi) is 9.04. The lowest BCUT2D eigenvalue weighted by Crippen LogP contribution is -2.49. The first-order chi connectivity index (χ1) is 15.7. The molecule has 1 fully saturated rings. The molecule has 2 N–H and O–H groups in total. The smallest absolute Gasteiger partial charge is 0.191 e. The molecule has 0 saturated carbocycles. The zero-order valence-corrected chi connectivity index (χ0v) is 19.6. The highest BCUT2D eigenvalue weighted by atomic mass is 16.5. The van der Waals surface area contributed by atoms with Crippen LogP contribution in [0.5, 0.6) is 11.5 Å². The minimum absolute atomic E-state index is 0.0588. The third-order valence-electron chi connectivity index (χ3n) is 5.75. The van der Waals surface area contributed by atoms with E-state index in [1.54, 1.807) is 21.3 Å². The first-order valence-corrected chi connectivity index (χ1v) is 11.3. The molecule has 0 bridgehead atoms. The number of nitrogens with zero attached hydrogens (tertiary/aromatic N) is 2. The van der Waals surface area contributed by atoms with Crippen LogP contribution in [-0.2, 0) is 4.74 Å². The van der Waals surface area contributed by atoms with Crippen molar-refractivity contribution in [3.8, 4) is 11.5 Å². The van der Waals surface area contributed by atoms with Crippen LogP contribution in [0.3, 0.4) is 0 Å². The van der Waals surface area contributed by atoms with Gasteiger partial charge in [0.25, 0.3) is 0 Å². The van der Waals surface area contributed by atoms with Gasteiger partial charge in [-0.3, -0.25) is 4.99 Å². The Hall–Kier alpha value is -2.93. The second kappa shape index (κ2) is 12.2. The van der Waals surface area contributed by atoms with Gasteiger partial charge in [0, 0.05) is 56.7 Å². The van der Waals surface area contributed by atoms with Gasteiger partial charge in [0.05, 0.1) is 20.8 Å². The van der Waals surface area contributed by atoms with E-state index in [2.05, 4.69) is 46.7 Å². The minimum atomic E-state index is -0.0588. The number of hydrogen-bond acceptors (Lipinski definition) is 5. The molecule has 1 aliphatic heterocycles. The molecule has 7 nitrogen and oxygen atoms in total. The Morgan fingerprint density at radius 1 is 1.03 bits per heavy atom. The van der Waals surface area contributed by atoms with Gasteiger partial charge in [-0.25, -0.2) is 0 Å². The van der Waals surface area contributed by atoms with Crippen molar-refractivity contribution in [2.45, 2.75) is 31.9 Å². The molecular formula is C25H36N4O3. The van der Waals surface area contributed by atoms with Crippen molar-refractivity contribution in [1.82, 2.24) is 10.6 Å². The van der Waals surface area contributed by atoms with E-state index in [0.29, 0.717) is 12.6 Å². The fourth-order valence-corrected chi connectivity index (χ4v) is 3.93. The van der Waals surface area contributed by atoms with Gasteiger partial charge >= 0.3 is 0 Å². The molecule has 174 valence electrons. The van der Waals surface area contributed by atoms with Crippen LogP contribution in [0.25, 0.3) is 0 Å². The molecule has 2 aromatic rings. The molecule has 1 atom stereocenters. The van der Waals surface area contributed by atoms with E-state index in [1.165, 1.54) is 0 Å². The third kappa shape index (κ3) is 6.53. The number of aliphatic imine (C=N–C) groups is 1. The predicted octanol–water partition coefficient (Wildman–Crippen LogP) is 3.62. The Balaban J connectivity index is 1.58. The lowest BCUT2D eigenvalue weighted by atomic mass is 10.0. The first-order valence-electron chi connectivity index (χ1n) is 11.3. The Morgan fingerprint density at radius 3 is 2.25 bits per heavy atom. The van der Waals surface area contributed by atoms with E-state index in [-0.39, 0.29) is 6.10 Å². The lowest BCUT2D eigenvalue weighted by molar-refractivity contribution is 0.111. The summed E-state index contributed by atoms with van der Waals surface area (Å²) in [4.78, 5) is 7.18. The second-order valence-electron chi connectivity index (χ2n) is 7.83. The van der Waals surface area contributed by atoms with Crippen molar-refractivity contribution in [2.24, 2.45) is 4.99 Å². The number of hydrogen-bond donors (Lipinski definition) is 2. The number of anilines is 1. The van der Waals surface area contributed by atoms with E-state index in [4.69, 9.17) is 19.2 Å². The van der Waals surface area contributed by atoms with Crippen LogP contribution < -0.4 is 25.0 Å². The van der Waals surface area contributed by atoms with E-state index < -0.39 is 0 Å². The molecule has 0 aromatic heterocycles. The molecular weight excluding hydrogens is 404 g/mol. The van der Waals surface area contributed by atoms with E-state index >= 15 is 0 Å². The summed E-state index contributed by atoms with van der Waals surface area (Å²) in [7, 11) is 5.10. The average Bonchev–Trinajstić information content (AvgIpc) is 2.85. The van der Waals surface area contributed by atoms with Gasteiger partial charge in [0.2, 0.25) is 0 Å². The Bertz CT molecular complexity index is 829. The van der Waals surface area contributed by atoms with Gasteiger partial charge in [-0.15, -0.1) is 0 Å². The normalized spacial score (nSPS) is 15.9. The van der Waals surface area contributed by atoms with E-state index in [9.17, 15) is 0 Å². The van der Waals surface area contributed by atoms with Gasteiger partial charge in [-0.1, -0.05) is 30.3 Å². The van der Waals surface area contributed by atoms with Gasteiger partial charge in [-0.2, -0.15) is 0 Å². The molecule has 0 spiro atoms. The van der Waals surface area contributed by atoms with Gasteiger partial charge in [-0.05, 0) is 25.3 Å². The van der Waals surface area contributed by atoms with Crippen molar-refractivity contribution >= 4 is 11.6 Å². The zero-order valence-electron chi connectivity index (χ0n) is 19.6. The first kappa shape index (κ1) is 23.7. The minimum Gasteiger partial charge on any atom is -0.497 e. The van der Waals surface area contributed by atoms with Crippen molar-refractivity contribution in [2.75, 3.05) is 52.4 Å². The number of methoxy groups -OCH3 is 3. The standard InChI is InChI=1S/C25H36N4O3/c1-5-26-25(27-18-24(32-4)19-9-7-6-8-10-19)28-20-11-13-29(14-12-20)21-15-22(30-2)17-23(16-21)31-3/h6-10,15-17,20,24H,5,11-14,18H2,1-4H3,(H2,26,27,28). The highest BCUT2D eigenvalue weighted by molar-refractivity contribution is 5.80. The molecule has 1 saturated heterocycles. The van der Waals surface area contributed by atoms with Crippen molar-refractivity contribution < 1.29 is 14.2 Å². The van der Waals surface area contributed by atoms with Crippen LogP contribution in [0.4, 0.5) is 5.69 Å². The number of rotatable bonds is 9. The van der Waals surface area contributed by atoms with Crippen LogP contribution in [0.2, 0.25) is 0 Å². The summed E-state index contributed by atoms with van der Waals surface area (Å²) >= 11 is 0. The molecule has 3 rings (SSSR count). The van der Waals surface area contributed by atoms with Crippen LogP contribution in [-0.4, -0.2) is 59.5 Å². The fraction of sp³-hybridized carbons (Fsp3) is 0.480. The lowest BCUT2D eigenvalue weighted by Gasteiger charge is -2.35. The summed E-state index contributed by atoms with van der Waals surface area (Å²) in [6.45, 7) is 5.38. The number of benzene rings is 2. The summed E-state index contributed by atoms with van der Waals surface area (Å²) < 4.78 is 16.5. The fourth-order valence-electron chi connectivity index (χ4n) is 3.93. The summed E-state index contributed by atoms with van der Waals surface area (Å²) in [5.41, 5.74) is 2.27. The van der Waals surface area contributed by atoms with Crippen LogP contribution >= 0.6 is 0 Å². The largest absolute Gasteiger partial charge is 0.497 e. The average molecular weight is 441 g/mol. The van der Waals surface area contributed by atoms with Gasteiger partial charge in [0.1, 0.15) is 17.6 Å². The Morgan fingerprint density at radius 2 is 1.69 bits per heavy atom. The van der Waals surface area contributed by atoms with Crippen molar-refractivity contribution in [3.05, 3.63) is 54.1 Å². The molecule has 7 heteroatoms. The molecule has 2 aromatic carbocycles. The van der Waals surface area contributed by atoms with Gasteiger partial charge < -0.3 is 29.7 Å². The zero-order chi connectivity index (χ0) is 22.8. The topological polar surface area (TPSA) is 67.4 Å². The van der Waals surface area contributed by atoms with E-state index in [0.717, 1.165) is 61.2 Å². The maximum atomic E-state index is 5.67. The quantitative estimate of drug-likeness (QED) is 0.459. The highest BCUT2D eigenvalue weighted by Gasteiger charge is 2.21. The summed E-state index contributed by atoms with van der Waals surface area (Å²) in [6.07, 6.45) is 1.99. The van der Waals surface area contributed by atoms with E-state index in [1.807, 2.05) is 24.3 Å². The maximum absolute atomic E-state index is 5.67. The predicted molar refractivity (Wildman–Crippen MR) is 130 cm³/mol. The number of piperidine rings is 1. The number of nitrogens with one attached hydrogen (secondary N) is 2. The second-order valence-corrected chi connectivity index (χ2v) is 7.83. The summed E-state index contributed by atoms with van der Waals surface area (Å²) in [5, 5.41) is 6.98. The van der Waals surface area contributed by atoms with Crippen LogP contribution in [0.15, 0.2) is 53.5 Å². The summed E-state index contributed by atoms with van der Waals surface area (Å²) in [5.74, 6) is 2.46. The van der Waals surface area contributed by atoms with Crippen LogP contribution in [0.1, 0.15) is 31.4 Å². The molecule has 1 aliphatic rings. The molecule has 0 amide bonds. The van der Waals surface area contributed by atoms with Crippen molar-refractivity contribution in [1.29, 1.82) is 0 Å². The van der Waals surface area contributed by atoms with Gasteiger partial charge in [0.15, 0.2) is 5.96 Å². The van der Waals surface area contributed by atoms with Crippen LogP contribution in [0, 0.1) is 0 Å². The molecule has 1 unspecified atom stereocenters.